The Labute approximate surface area is 103 Å². The molecule has 0 unspecified atom stereocenters. The second-order valence-electron chi connectivity index (χ2n) is 4.98. The van der Waals surface area contributed by atoms with Crippen molar-refractivity contribution in [3.8, 4) is 11.8 Å². The second-order valence-corrected chi connectivity index (χ2v) is 4.98. The molecular weight excluding hydrogens is 212 g/mol. The first-order chi connectivity index (χ1) is 7.96. The van der Waals surface area contributed by atoms with E-state index >= 15 is 0 Å². The molecule has 0 bridgehead atoms. The zero-order valence-electron chi connectivity index (χ0n) is 10.9. The van der Waals surface area contributed by atoms with Crippen LogP contribution in [0.1, 0.15) is 5.56 Å². The van der Waals surface area contributed by atoms with Gasteiger partial charge in [-0.25, -0.2) is 0 Å². The Balaban J connectivity index is 2.99. The van der Waals surface area contributed by atoms with Gasteiger partial charge in [-0.05, 0) is 17.7 Å². The topological polar surface area (TPSA) is 33.0 Å². The highest BCUT2D eigenvalue weighted by atomic mass is 16.5. The molecule has 3 nitrogen and oxygen atoms in total. The number of benzene rings is 1. The predicted molar refractivity (Wildman–Crippen MR) is 69.5 cm³/mol. The van der Waals surface area contributed by atoms with Crippen molar-refractivity contribution in [1.29, 1.82) is 5.26 Å². The van der Waals surface area contributed by atoms with Gasteiger partial charge in [-0.2, -0.15) is 5.26 Å². The molecule has 0 aliphatic heterocycles. The Morgan fingerprint density at radius 1 is 1.29 bits per heavy atom. The average Bonchev–Trinajstić information content (AvgIpc) is 2.27. The summed E-state index contributed by atoms with van der Waals surface area (Å²) < 4.78 is 5.91. The lowest BCUT2D eigenvalue weighted by molar-refractivity contribution is -0.862. The lowest BCUT2D eigenvalue weighted by Gasteiger charge is -2.25. The van der Waals surface area contributed by atoms with Crippen molar-refractivity contribution in [3.05, 3.63) is 35.9 Å². The number of nitriles is 1. The molecule has 0 aromatic heterocycles. The molecule has 1 aromatic rings. The molecule has 3 heteroatoms. The third-order valence-electron chi connectivity index (χ3n) is 2.34. The SMILES string of the molecule is COc1ccc(/C(=C/C#N)C[N+](C)(C)C)cc1. The van der Waals surface area contributed by atoms with E-state index < -0.39 is 0 Å². The van der Waals surface area contributed by atoms with E-state index in [1.54, 1.807) is 13.2 Å². The van der Waals surface area contributed by atoms with E-state index in [2.05, 4.69) is 27.2 Å². The quantitative estimate of drug-likeness (QED) is 0.588. The van der Waals surface area contributed by atoms with E-state index in [9.17, 15) is 0 Å². The molecular formula is C14H19N2O+. The summed E-state index contributed by atoms with van der Waals surface area (Å²) >= 11 is 0. The van der Waals surface area contributed by atoms with Crippen molar-refractivity contribution in [3.63, 3.8) is 0 Å². The molecule has 0 atom stereocenters. The Morgan fingerprint density at radius 3 is 2.29 bits per heavy atom. The Hall–Kier alpha value is -1.79. The van der Waals surface area contributed by atoms with Crippen LogP contribution in [0.3, 0.4) is 0 Å². The molecule has 0 saturated heterocycles. The van der Waals surface area contributed by atoms with Crippen LogP contribution in [-0.4, -0.2) is 39.3 Å². The number of ether oxygens (including phenoxy) is 1. The van der Waals surface area contributed by atoms with Crippen LogP contribution in [0, 0.1) is 11.3 Å². The molecule has 0 heterocycles. The smallest absolute Gasteiger partial charge is 0.118 e. The van der Waals surface area contributed by atoms with E-state index in [-0.39, 0.29) is 0 Å². The first-order valence-corrected chi connectivity index (χ1v) is 5.50. The fourth-order valence-corrected chi connectivity index (χ4v) is 1.61. The first-order valence-electron chi connectivity index (χ1n) is 5.50. The molecule has 0 saturated carbocycles. The Morgan fingerprint density at radius 2 is 1.88 bits per heavy atom. The lowest BCUT2D eigenvalue weighted by Crippen LogP contribution is -2.35. The van der Waals surface area contributed by atoms with Gasteiger partial charge in [0.05, 0.1) is 34.3 Å². The molecule has 90 valence electrons. The maximum atomic E-state index is 8.84. The molecule has 0 amide bonds. The summed E-state index contributed by atoms with van der Waals surface area (Å²) in [6.07, 6.45) is 1.62. The first kappa shape index (κ1) is 13.3. The Kier molecular flexibility index (Phi) is 4.30. The fraction of sp³-hybridized carbons (Fsp3) is 0.357. The standard InChI is InChI=1S/C14H19N2O/c1-16(2,3)11-13(9-10-15)12-5-7-14(17-4)8-6-12/h5-9H,11H2,1-4H3/q+1/b13-9+. The van der Waals surface area contributed by atoms with E-state index in [4.69, 9.17) is 10.00 Å². The number of likely N-dealkylation sites (N-methyl/N-ethyl adjacent to an activating group) is 1. The van der Waals surface area contributed by atoms with Crippen LogP contribution < -0.4 is 4.74 Å². The summed E-state index contributed by atoms with van der Waals surface area (Å²) in [4.78, 5) is 0. The van der Waals surface area contributed by atoms with Gasteiger partial charge in [0, 0.05) is 11.6 Å². The summed E-state index contributed by atoms with van der Waals surface area (Å²) in [6.45, 7) is 0.819. The molecule has 0 N–H and O–H groups in total. The van der Waals surface area contributed by atoms with Crippen molar-refractivity contribution in [2.45, 2.75) is 0 Å². The molecule has 0 radical (unpaired) electrons. The van der Waals surface area contributed by atoms with Crippen LogP contribution in [0.2, 0.25) is 0 Å². The lowest BCUT2D eigenvalue weighted by atomic mass is 10.0. The fourth-order valence-electron chi connectivity index (χ4n) is 1.61. The van der Waals surface area contributed by atoms with Gasteiger partial charge in [-0.3, -0.25) is 0 Å². The second kappa shape index (κ2) is 5.51. The molecule has 1 rings (SSSR count). The summed E-state index contributed by atoms with van der Waals surface area (Å²) in [5.74, 6) is 0.829. The van der Waals surface area contributed by atoms with E-state index in [0.29, 0.717) is 0 Å². The van der Waals surface area contributed by atoms with Gasteiger partial charge < -0.3 is 9.22 Å². The van der Waals surface area contributed by atoms with Crippen LogP contribution >= 0.6 is 0 Å². The summed E-state index contributed by atoms with van der Waals surface area (Å²) in [6, 6.07) is 9.91. The maximum Gasteiger partial charge on any atom is 0.118 e. The van der Waals surface area contributed by atoms with Crippen LogP contribution in [0.15, 0.2) is 30.3 Å². The highest BCUT2D eigenvalue weighted by Crippen LogP contribution is 2.20. The number of hydrogen-bond donors (Lipinski definition) is 0. The summed E-state index contributed by atoms with van der Waals surface area (Å²) in [7, 11) is 7.96. The highest BCUT2D eigenvalue weighted by Gasteiger charge is 2.12. The number of methoxy groups -OCH3 is 1. The van der Waals surface area contributed by atoms with Crippen LogP contribution in [0.5, 0.6) is 5.75 Å². The van der Waals surface area contributed by atoms with Gasteiger partial charge in [-0.15, -0.1) is 0 Å². The van der Waals surface area contributed by atoms with Crippen molar-refractivity contribution in [2.75, 3.05) is 34.8 Å². The monoisotopic (exact) mass is 231 g/mol. The van der Waals surface area contributed by atoms with Gasteiger partial charge in [0.15, 0.2) is 0 Å². The molecule has 0 spiro atoms. The number of allylic oxidation sites excluding steroid dienone is 1. The number of rotatable bonds is 4. The van der Waals surface area contributed by atoms with Crippen LogP contribution in [-0.2, 0) is 0 Å². The minimum absolute atomic E-state index is 0.791. The highest BCUT2D eigenvalue weighted by molar-refractivity contribution is 5.68. The largest absolute Gasteiger partial charge is 0.497 e. The zero-order valence-corrected chi connectivity index (χ0v) is 10.9. The van der Waals surface area contributed by atoms with Crippen molar-refractivity contribution in [1.82, 2.24) is 0 Å². The minimum Gasteiger partial charge on any atom is -0.497 e. The van der Waals surface area contributed by atoms with Crippen LogP contribution in [0.4, 0.5) is 0 Å². The minimum atomic E-state index is 0.791. The number of nitrogens with zero attached hydrogens (tertiary/aromatic N) is 2. The van der Waals surface area contributed by atoms with Gasteiger partial charge in [0.1, 0.15) is 12.3 Å². The Bertz CT molecular complexity index is 433. The number of quaternary nitrogens is 1. The van der Waals surface area contributed by atoms with Gasteiger partial charge in [-0.1, -0.05) is 12.1 Å². The average molecular weight is 231 g/mol. The van der Waals surface area contributed by atoms with Crippen molar-refractivity contribution in [2.24, 2.45) is 0 Å². The summed E-state index contributed by atoms with van der Waals surface area (Å²) in [5.41, 5.74) is 2.11. The number of hydrogen-bond acceptors (Lipinski definition) is 2. The maximum absolute atomic E-state index is 8.84. The van der Waals surface area contributed by atoms with Crippen molar-refractivity contribution < 1.29 is 9.22 Å². The zero-order chi connectivity index (χ0) is 12.9. The summed E-state index contributed by atoms with van der Waals surface area (Å²) in [5, 5.41) is 8.84. The van der Waals surface area contributed by atoms with E-state index in [0.717, 1.165) is 27.9 Å². The normalized spacial score (nSPS) is 12.1. The van der Waals surface area contributed by atoms with E-state index in [1.165, 1.54) is 0 Å². The van der Waals surface area contributed by atoms with E-state index in [1.807, 2.05) is 24.3 Å². The van der Waals surface area contributed by atoms with Crippen LogP contribution in [0.25, 0.3) is 5.57 Å². The van der Waals surface area contributed by atoms with Gasteiger partial charge in [0.25, 0.3) is 0 Å². The van der Waals surface area contributed by atoms with Crippen molar-refractivity contribution >= 4 is 5.57 Å². The molecule has 0 fully saturated rings. The van der Waals surface area contributed by atoms with Gasteiger partial charge >= 0.3 is 0 Å². The third kappa shape index (κ3) is 4.29. The molecule has 0 aliphatic rings. The van der Waals surface area contributed by atoms with Gasteiger partial charge in [0.2, 0.25) is 0 Å². The predicted octanol–water partition coefficient (Wildman–Crippen LogP) is 2.31. The third-order valence-corrected chi connectivity index (χ3v) is 2.34. The molecule has 0 aliphatic carbocycles. The molecule has 1 aromatic carbocycles. The molecule has 17 heavy (non-hydrogen) atoms.